The summed E-state index contributed by atoms with van der Waals surface area (Å²) in [6.45, 7) is 0. The van der Waals surface area contributed by atoms with Crippen LogP contribution in [0.1, 0.15) is 12.8 Å². The van der Waals surface area contributed by atoms with Gasteiger partial charge in [-0.15, -0.1) is 0 Å². The van der Waals surface area contributed by atoms with Crippen LogP contribution in [0.4, 0.5) is 0 Å². The molecule has 0 aromatic rings. The van der Waals surface area contributed by atoms with Crippen molar-refractivity contribution in [2.45, 2.75) is 12.8 Å². The van der Waals surface area contributed by atoms with Gasteiger partial charge in [0.2, 0.25) is 0 Å². The summed E-state index contributed by atoms with van der Waals surface area (Å²) >= 11 is 1.38. The van der Waals surface area contributed by atoms with Crippen LogP contribution in [-0.4, -0.2) is 108 Å². The normalized spacial score (nSPS) is 11.4. The molecule has 94 valence electrons. The van der Waals surface area contributed by atoms with Crippen LogP contribution in [0.15, 0.2) is 0 Å². The average molecular weight is 324 g/mol. The Balaban J connectivity index is -0.000000980. The second-order valence-corrected chi connectivity index (χ2v) is 7.26. The third kappa shape index (κ3) is 23.7. The largest absolute Gasteiger partial charge is 0.286 e. The summed E-state index contributed by atoms with van der Waals surface area (Å²) in [7, 11) is -7.78. The minimum absolute atomic E-state index is 0. The molecule has 17 heavy (non-hydrogen) atoms. The Bertz CT molecular complexity index is 329. The zero-order chi connectivity index (χ0) is 11.9. The van der Waals surface area contributed by atoms with Crippen LogP contribution in [0, 0.1) is 0 Å². The van der Waals surface area contributed by atoms with Crippen molar-refractivity contribution in [3.63, 3.8) is 0 Å². The molecule has 0 aromatic heterocycles. The van der Waals surface area contributed by atoms with Crippen LogP contribution in [0.2, 0.25) is 0 Å². The fraction of sp³-hybridized carbons (Fsp3) is 1.00. The minimum atomic E-state index is -3.89. The van der Waals surface area contributed by atoms with E-state index in [4.69, 9.17) is 9.11 Å². The summed E-state index contributed by atoms with van der Waals surface area (Å²) in [6.07, 6.45) is 0.657. The van der Waals surface area contributed by atoms with E-state index in [2.05, 4.69) is 0 Å². The van der Waals surface area contributed by atoms with Gasteiger partial charge in [-0.05, 0) is 24.3 Å². The van der Waals surface area contributed by atoms with Crippen molar-refractivity contribution in [3.8, 4) is 0 Å². The van der Waals surface area contributed by atoms with E-state index in [1.54, 1.807) is 0 Å². The molecule has 0 aliphatic rings. The monoisotopic (exact) mass is 324 g/mol. The molecule has 0 rings (SSSR count). The van der Waals surface area contributed by atoms with Crippen molar-refractivity contribution in [2.24, 2.45) is 0 Å². The molecule has 0 saturated carbocycles. The molecule has 0 unspecified atom stereocenters. The van der Waals surface area contributed by atoms with Gasteiger partial charge in [0, 0.05) is 59.1 Å². The molecular weight excluding hydrogens is 310 g/mol. The molecule has 0 fully saturated rings. The van der Waals surface area contributed by atoms with Crippen LogP contribution in [0.25, 0.3) is 0 Å². The first kappa shape index (κ1) is 24.2. The molecule has 0 aliphatic carbocycles. The van der Waals surface area contributed by atoms with Gasteiger partial charge in [0.1, 0.15) is 0 Å². The maximum absolute atomic E-state index is 10.3. The van der Waals surface area contributed by atoms with E-state index in [0.29, 0.717) is 24.3 Å². The molecule has 0 amide bonds. The smallest absolute Gasteiger partial charge is 0.264 e. The van der Waals surface area contributed by atoms with E-state index < -0.39 is 20.2 Å². The Labute approximate surface area is 151 Å². The van der Waals surface area contributed by atoms with Crippen LogP contribution in [0.3, 0.4) is 0 Å². The second-order valence-electron chi connectivity index (χ2n) is 2.89. The van der Waals surface area contributed by atoms with Gasteiger partial charge in [-0.25, -0.2) is 0 Å². The second kappa shape index (κ2) is 12.0. The Morgan fingerprint density at radius 2 is 1.06 bits per heavy atom. The van der Waals surface area contributed by atoms with Crippen LogP contribution < -0.4 is 0 Å². The number of thioether (sulfide) groups is 1. The zero-order valence-electron chi connectivity index (χ0n) is 9.99. The molecule has 2 N–H and O–H groups in total. The molecular formula is C6H14Na2O6S3. The molecule has 0 aliphatic heterocycles. The molecule has 2 radical (unpaired) electrons. The van der Waals surface area contributed by atoms with Gasteiger partial charge in [-0.1, -0.05) is 0 Å². The number of rotatable bonds is 8. The first-order chi connectivity index (χ1) is 6.71. The minimum Gasteiger partial charge on any atom is -0.286 e. The maximum Gasteiger partial charge on any atom is 0.264 e. The first-order valence-electron chi connectivity index (χ1n) is 4.19. The van der Waals surface area contributed by atoms with Crippen molar-refractivity contribution >= 4 is 91.1 Å². The van der Waals surface area contributed by atoms with Crippen molar-refractivity contribution in [1.29, 1.82) is 0 Å². The van der Waals surface area contributed by atoms with E-state index >= 15 is 0 Å². The Morgan fingerprint density at radius 1 is 0.765 bits per heavy atom. The van der Waals surface area contributed by atoms with Crippen molar-refractivity contribution in [2.75, 3.05) is 23.0 Å². The molecule has 6 nitrogen and oxygen atoms in total. The van der Waals surface area contributed by atoms with E-state index in [-0.39, 0.29) is 70.6 Å². The van der Waals surface area contributed by atoms with Gasteiger partial charge in [-0.3, -0.25) is 9.11 Å². The zero-order valence-corrected chi connectivity index (χ0v) is 16.4. The first-order valence-corrected chi connectivity index (χ1v) is 8.56. The molecule has 0 aromatic carbocycles. The number of hydrogen-bond acceptors (Lipinski definition) is 5. The number of hydrogen-bond donors (Lipinski definition) is 2. The average Bonchev–Trinajstić information content (AvgIpc) is 1.98. The molecule has 0 spiro atoms. The van der Waals surface area contributed by atoms with E-state index in [9.17, 15) is 16.8 Å². The van der Waals surface area contributed by atoms with E-state index in [0.717, 1.165) is 0 Å². The van der Waals surface area contributed by atoms with Gasteiger partial charge in [0.15, 0.2) is 0 Å². The van der Waals surface area contributed by atoms with Gasteiger partial charge >= 0.3 is 0 Å². The maximum atomic E-state index is 10.3. The predicted octanol–water partition coefficient (Wildman–Crippen LogP) is -0.486. The Kier molecular flexibility index (Phi) is 17.0. The molecule has 0 bridgehead atoms. The molecule has 0 saturated heterocycles. The topological polar surface area (TPSA) is 109 Å². The Morgan fingerprint density at radius 3 is 1.29 bits per heavy atom. The van der Waals surface area contributed by atoms with E-state index in [1.807, 2.05) is 0 Å². The fourth-order valence-electron chi connectivity index (χ4n) is 0.789. The van der Waals surface area contributed by atoms with Gasteiger partial charge in [0.05, 0.1) is 11.5 Å². The van der Waals surface area contributed by atoms with Gasteiger partial charge in [0.25, 0.3) is 20.2 Å². The Hall–Kier alpha value is 2.17. The van der Waals surface area contributed by atoms with Crippen LogP contribution in [-0.2, 0) is 20.2 Å². The molecule has 11 heteroatoms. The summed E-state index contributed by atoms with van der Waals surface area (Å²) in [5.41, 5.74) is 0. The third-order valence-electron chi connectivity index (χ3n) is 1.38. The van der Waals surface area contributed by atoms with E-state index in [1.165, 1.54) is 11.8 Å². The molecule has 0 heterocycles. The van der Waals surface area contributed by atoms with Crippen molar-refractivity contribution < 1.29 is 25.9 Å². The van der Waals surface area contributed by atoms with Crippen LogP contribution in [0.5, 0.6) is 0 Å². The summed E-state index contributed by atoms with van der Waals surface area (Å²) in [5, 5.41) is 0. The molecule has 0 atom stereocenters. The van der Waals surface area contributed by atoms with Crippen molar-refractivity contribution in [1.82, 2.24) is 0 Å². The van der Waals surface area contributed by atoms with Gasteiger partial charge in [-0.2, -0.15) is 28.6 Å². The quantitative estimate of drug-likeness (QED) is 0.352. The fourth-order valence-corrected chi connectivity index (χ4v) is 3.07. The summed E-state index contributed by atoms with van der Waals surface area (Å²) in [5.74, 6) is 0.507. The summed E-state index contributed by atoms with van der Waals surface area (Å²) in [4.78, 5) is 0. The third-order valence-corrected chi connectivity index (χ3v) is 4.15. The standard InChI is InChI=1S/C6H14O6S3.2Na/c7-14(8,9)5-1-3-13-4-2-6-15(10,11)12;;/h1-6H2,(H,7,8,9)(H,10,11,12);;. The predicted molar refractivity (Wildman–Crippen MR) is 70.9 cm³/mol. The van der Waals surface area contributed by atoms with Gasteiger partial charge < -0.3 is 0 Å². The SMILES string of the molecule is O=S(=O)(O)CCCSCCCS(=O)(=O)O.[Na].[Na]. The van der Waals surface area contributed by atoms with Crippen molar-refractivity contribution in [3.05, 3.63) is 0 Å². The van der Waals surface area contributed by atoms with Crippen LogP contribution >= 0.6 is 11.8 Å². The summed E-state index contributed by atoms with van der Waals surface area (Å²) < 4.78 is 57.9. The summed E-state index contributed by atoms with van der Waals surface area (Å²) in [6, 6.07) is 0.